The molecule has 0 bridgehead atoms. The predicted octanol–water partition coefficient (Wildman–Crippen LogP) is 2.43. The minimum Gasteiger partial charge on any atom is -0.494 e. The van der Waals surface area contributed by atoms with Crippen LogP contribution in [-0.4, -0.2) is 24.7 Å². The largest absolute Gasteiger partial charge is 0.494 e. The van der Waals surface area contributed by atoms with Crippen LogP contribution < -0.4 is 20.5 Å². The first kappa shape index (κ1) is 19.6. The maximum Gasteiger partial charge on any atom is 0.224 e. The van der Waals surface area contributed by atoms with Crippen molar-refractivity contribution in [3.8, 4) is 11.5 Å². The Morgan fingerprint density at radius 1 is 1.48 bits per heavy atom. The number of benzene rings is 1. The third-order valence-corrected chi connectivity index (χ3v) is 4.03. The van der Waals surface area contributed by atoms with E-state index < -0.39 is 0 Å². The van der Waals surface area contributed by atoms with Crippen LogP contribution in [0.25, 0.3) is 0 Å². The third kappa shape index (κ3) is 4.75. The number of hydrogen-bond donors (Lipinski definition) is 2. The molecule has 0 saturated carbocycles. The average Bonchev–Trinajstić information content (AvgIpc) is 2.82. The molecule has 1 aromatic carbocycles. The van der Waals surface area contributed by atoms with Gasteiger partial charge in [-0.3, -0.25) is 4.79 Å². The highest BCUT2D eigenvalue weighted by Gasteiger charge is 2.23. The number of carbonyl (C=O) groups excluding carboxylic acids is 1. The first-order chi connectivity index (χ1) is 10.4. The molecule has 0 aliphatic carbocycles. The third-order valence-electron chi connectivity index (χ3n) is 4.03. The van der Waals surface area contributed by atoms with Crippen LogP contribution in [0, 0.1) is 5.92 Å². The Morgan fingerprint density at radius 2 is 2.17 bits per heavy atom. The van der Waals surface area contributed by atoms with Gasteiger partial charge in [-0.25, -0.2) is 0 Å². The van der Waals surface area contributed by atoms with Crippen LogP contribution in [0.3, 0.4) is 0 Å². The fourth-order valence-corrected chi connectivity index (χ4v) is 2.49. The van der Waals surface area contributed by atoms with Crippen LogP contribution in [0.2, 0.25) is 0 Å². The van der Waals surface area contributed by atoms with E-state index in [1.165, 1.54) is 0 Å². The first-order valence-corrected chi connectivity index (χ1v) is 7.90. The summed E-state index contributed by atoms with van der Waals surface area (Å²) in [7, 11) is 0. The fourth-order valence-electron chi connectivity index (χ4n) is 2.49. The maximum absolute atomic E-state index is 12.0. The Hall–Kier alpha value is -1.46. The molecular formula is C17H27ClN2O3. The molecule has 0 radical (unpaired) electrons. The van der Waals surface area contributed by atoms with Crippen molar-refractivity contribution in [3.63, 3.8) is 0 Å². The second kappa shape index (κ2) is 8.41. The molecule has 5 nitrogen and oxygen atoms in total. The molecular weight excluding hydrogens is 316 g/mol. The van der Waals surface area contributed by atoms with Gasteiger partial charge in [-0.05, 0) is 32.9 Å². The van der Waals surface area contributed by atoms with E-state index in [0.717, 1.165) is 29.0 Å². The number of nitrogens with two attached hydrogens (primary N) is 1. The number of rotatable bonds is 6. The maximum atomic E-state index is 12.0. The summed E-state index contributed by atoms with van der Waals surface area (Å²) < 4.78 is 11.5. The molecule has 0 saturated heterocycles. The second-order valence-corrected chi connectivity index (χ2v) is 6.00. The summed E-state index contributed by atoms with van der Waals surface area (Å²) in [6.45, 7) is 8.67. The van der Waals surface area contributed by atoms with Crippen molar-refractivity contribution in [2.45, 2.75) is 52.8 Å². The highest BCUT2D eigenvalue weighted by molar-refractivity contribution is 5.85. The predicted molar refractivity (Wildman–Crippen MR) is 93.3 cm³/mol. The SMILES string of the molecule is CCOc1cc2c(cc1CNC(=O)C(C)C(C)N)OC(C)C2.Cl. The molecule has 2 rings (SSSR count). The summed E-state index contributed by atoms with van der Waals surface area (Å²) in [5.74, 6) is 1.43. The summed E-state index contributed by atoms with van der Waals surface area (Å²) in [5.41, 5.74) is 7.86. The minimum atomic E-state index is -0.221. The molecule has 1 heterocycles. The summed E-state index contributed by atoms with van der Waals surface area (Å²) in [6, 6.07) is 3.83. The van der Waals surface area contributed by atoms with Gasteiger partial charge in [0, 0.05) is 36.1 Å². The Balaban J connectivity index is 0.00000264. The fraction of sp³-hybridized carbons (Fsp3) is 0.588. The lowest BCUT2D eigenvalue weighted by Gasteiger charge is -2.17. The van der Waals surface area contributed by atoms with Crippen molar-refractivity contribution >= 4 is 18.3 Å². The number of amides is 1. The van der Waals surface area contributed by atoms with Crippen LogP contribution in [0.1, 0.15) is 38.8 Å². The van der Waals surface area contributed by atoms with E-state index in [1.807, 2.05) is 39.8 Å². The van der Waals surface area contributed by atoms with Gasteiger partial charge < -0.3 is 20.5 Å². The van der Waals surface area contributed by atoms with Crippen molar-refractivity contribution in [2.75, 3.05) is 6.61 Å². The highest BCUT2D eigenvalue weighted by Crippen LogP contribution is 2.35. The van der Waals surface area contributed by atoms with E-state index in [2.05, 4.69) is 5.32 Å². The van der Waals surface area contributed by atoms with Crippen LogP contribution >= 0.6 is 12.4 Å². The zero-order valence-electron chi connectivity index (χ0n) is 14.2. The Bertz CT molecular complexity index is 549. The molecule has 0 spiro atoms. The Morgan fingerprint density at radius 3 is 2.78 bits per heavy atom. The van der Waals surface area contributed by atoms with Gasteiger partial charge in [0.25, 0.3) is 0 Å². The molecule has 1 aliphatic rings. The summed E-state index contributed by atoms with van der Waals surface area (Å²) in [4.78, 5) is 12.0. The average molecular weight is 343 g/mol. The Labute approximate surface area is 144 Å². The number of halogens is 1. The van der Waals surface area contributed by atoms with Crippen LogP contribution in [0.5, 0.6) is 11.5 Å². The van der Waals surface area contributed by atoms with Gasteiger partial charge in [0.15, 0.2) is 0 Å². The highest BCUT2D eigenvalue weighted by atomic mass is 35.5. The Kier molecular flexibility index (Phi) is 7.16. The zero-order valence-corrected chi connectivity index (χ0v) is 15.0. The number of fused-ring (bicyclic) bond motifs is 1. The minimum absolute atomic E-state index is 0. The van der Waals surface area contributed by atoms with Gasteiger partial charge in [0.1, 0.15) is 17.6 Å². The van der Waals surface area contributed by atoms with Crippen LogP contribution in [0.15, 0.2) is 12.1 Å². The molecule has 0 fully saturated rings. The summed E-state index contributed by atoms with van der Waals surface area (Å²) >= 11 is 0. The molecule has 1 aliphatic heterocycles. The van der Waals surface area contributed by atoms with Gasteiger partial charge in [0.05, 0.1) is 6.61 Å². The number of ether oxygens (including phenoxy) is 2. The van der Waals surface area contributed by atoms with E-state index in [0.29, 0.717) is 13.2 Å². The monoisotopic (exact) mass is 342 g/mol. The molecule has 3 N–H and O–H groups in total. The molecule has 130 valence electrons. The lowest BCUT2D eigenvalue weighted by molar-refractivity contribution is -0.125. The van der Waals surface area contributed by atoms with Gasteiger partial charge >= 0.3 is 0 Å². The summed E-state index contributed by atoms with van der Waals surface area (Å²) in [5, 5.41) is 2.93. The molecule has 1 aromatic rings. The second-order valence-electron chi connectivity index (χ2n) is 6.00. The van der Waals surface area contributed by atoms with Crippen molar-refractivity contribution in [1.29, 1.82) is 0 Å². The van der Waals surface area contributed by atoms with E-state index in [4.69, 9.17) is 15.2 Å². The lowest BCUT2D eigenvalue weighted by atomic mass is 10.0. The van der Waals surface area contributed by atoms with E-state index >= 15 is 0 Å². The normalized spacial score (nSPS) is 18.2. The van der Waals surface area contributed by atoms with Crippen LogP contribution in [-0.2, 0) is 17.8 Å². The number of carbonyl (C=O) groups is 1. The zero-order chi connectivity index (χ0) is 16.3. The smallest absolute Gasteiger partial charge is 0.224 e. The van der Waals surface area contributed by atoms with Crippen molar-refractivity contribution in [3.05, 3.63) is 23.3 Å². The molecule has 6 heteroatoms. The topological polar surface area (TPSA) is 73.6 Å². The van der Waals surface area contributed by atoms with Crippen LogP contribution in [0.4, 0.5) is 0 Å². The number of nitrogens with one attached hydrogen (secondary N) is 1. The molecule has 3 unspecified atom stereocenters. The van der Waals surface area contributed by atoms with Gasteiger partial charge in [-0.15, -0.1) is 12.4 Å². The number of hydrogen-bond acceptors (Lipinski definition) is 4. The lowest BCUT2D eigenvalue weighted by Crippen LogP contribution is -2.38. The quantitative estimate of drug-likeness (QED) is 0.832. The molecule has 23 heavy (non-hydrogen) atoms. The molecule has 3 atom stereocenters. The van der Waals surface area contributed by atoms with Gasteiger partial charge in [-0.1, -0.05) is 6.92 Å². The molecule has 0 aromatic heterocycles. The van der Waals surface area contributed by atoms with Gasteiger partial charge in [0.2, 0.25) is 5.91 Å². The summed E-state index contributed by atoms with van der Waals surface area (Å²) in [6.07, 6.45) is 1.08. The van der Waals surface area contributed by atoms with Crippen molar-refractivity contribution < 1.29 is 14.3 Å². The van der Waals surface area contributed by atoms with Crippen molar-refractivity contribution in [1.82, 2.24) is 5.32 Å². The molecule has 1 amide bonds. The van der Waals surface area contributed by atoms with E-state index in [1.54, 1.807) is 0 Å². The first-order valence-electron chi connectivity index (χ1n) is 7.90. The van der Waals surface area contributed by atoms with Gasteiger partial charge in [-0.2, -0.15) is 0 Å². The van der Waals surface area contributed by atoms with E-state index in [9.17, 15) is 4.79 Å². The van der Waals surface area contributed by atoms with Crippen molar-refractivity contribution in [2.24, 2.45) is 11.7 Å². The van der Waals surface area contributed by atoms with E-state index in [-0.39, 0.29) is 36.4 Å². The standard InChI is InChI=1S/C17H26N2O3.ClH/c1-5-21-15-7-13-6-10(2)22-16(13)8-14(15)9-19-17(20)11(3)12(4)18;/h7-8,10-12H,5-6,9,18H2,1-4H3,(H,19,20);1H.